The molecule has 1 aromatic rings. The normalized spacial score (nSPS) is 31.3. The molecule has 1 heterocycles. The van der Waals surface area contributed by atoms with E-state index in [2.05, 4.69) is 22.0 Å². The molecule has 1 aromatic carbocycles. The smallest absolute Gasteiger partial charge is 0.146 e. The molecule has 1 aliphatic heterocycles. The standard InChI is InChI=1S/C13H19BrO4Si2/c14-7-1-6(4-15)13-8(2-7)12-9(5-16-19)10(18-20)3-11(12)17-13/h1-2,9-12,15H,3-5H2,19-20H3/t9-,10+,11-,12+/m0/s1. The lowest BCUT2D eigenvalue weighted by molar-refractivity contribution is 0.124. The van der Waals surface area contributed by atoms with Crippen molar-refractivity contribution < 1.29 is 18.7 Å². The quantitative estimate of drug-likeness (QED) is 0.739. The summed E-state index contributed by atoms with van der Waals surface area (Å²) in [5, 5.41) is 9.52. The van der Waals surface area contributed by atoms with Gasteiger partial charge in [0.05, 0.1) is 12.7 Å². The minimum Gasteiger partial charge on any atom is -0.489 e. The van der Waals surface area contributed by atoms with Crippen molar-refractivity contribution in [3.63, 3.8) is 0 Å². The van der Waals surface area contributed by atoms with Crippen LogP contribution < -0.4 is 4.74 Å². The molecule has 1 N–H and O–H groups in total. The minimum absolute atomic E-state index is 0.00366. The molecule has 7 heteroatoms. The van der Waals surface area contributed by atoms with Crippen LogP contribution in [0.5, 0.6) is 5.75 Å². The topological polar surface area (TPSA) is 47.9 Å². The van der Waals surface area contributed by atoms with Crippen LogP contribution in [0.15, 0.2) is 16.6 Å². The van der Waals surface area contributed by atoms with Gasteiger partial charge >= 0.3 is 0 Å². The molecule has 1 aliphatic carbocycles. The van der Waals surface area contributed by atoms with Gasteiger partial charge in [-0.3, -0.25) is 0 Å². The van der Waals surface area contributed by atoms with Gasteiger partial charge in [-0.1, -0.05) is 15.9 Å². The van der Waals surface area contributed by atoms with E-state index in [9.17, 15) is 5.11 Å². The molecule has 0 radical (unpaired) electrons. The van der Waals surface area contributed by atoms with Crippen LogP contribution >= 0.6 is 15.9 Å². The second-order valence-corrected chi connectivity index (χ2v) is 7.42. The Balaban J connectivity index is 2.01. The number of hydrogen-bond donors (Lipinski definition) is 1. The van der Waals surface area contributed by atoms with Gasteiger partial charge in [0, 0.05) is 40.5 Å². The SMILES string of the molecule is OCc1cc(Br)cc2c1O[C@H]1C[C@@H](O[SiH3])[C@H](CO[SiH3])[C@@H]21. The highest BCUT2D eigenvalue weighted by atomic mass is 79.9. The number of ether oxygens (including phenoxy) is 1. The monoisotopic (exact) mass is 374 g/mol. The van der Waals surface area contributed by atoms with E-state index in [1.54, 1.807) is 0 Å². The largest absolute Gasteiger partial charge is 0.489 e. The average Bonchev–Trinajstić information content (AvgIpc) is 2.95. The van der Waals surface area contributed by atoms with Gasteiger partial charge < -0.3 is 18.7 Å². The molecule has 1 fully saturated rings. The van der Waals surface area contributed by atoms with Crippen LogP contribution in [0.2, 0.25) is 0 Å². The van der Waals surface area contributed by atoms with E-state index >= 15 is 0 Å². The maximum atomic E-state index is 9.52. The molecule has 0 amide bonds. The molecule has 0 bridgehead atoms. The lowest BCUT2D eigenvalue weighted by Gasteiger charge is -2.23. The third-order valence-corrected chi connectivity index (χ3v) is 5.82. The highest BCUT2D eigenvalue weighted by molar-refractivity contribution is 9.10. The van der Waals surface area contributed by atoms with Crippen LogP contribution in [0.1, 0.15) is 23.5 Å². The number of rotatable bonds is 4. The first-order valence-corrected chi connectivity index (χ1v) is 9.23. The van der Waals surface area contributed by atoms with Crippen molar-refractivity contribution in [3.05, 3.63) is 27.7 Å². The fraction of sp³-hybridized carbons (Fsp3) is 0.538. The molecule has 2 aliphatic rings. The molecule has 1 saturated carbocycles. The maximum Gasteiger partial charge on any atom is 0.146 e. The Kier molecular flexibility index (Phi) is 4.35. The molecular formula is C13H19BrO4Si2. The summed E-state index contributed by atoms with van der Waals surface area (Å²) < 4.78 is 18.4. The maximum absolute atomic E-state index is 9.52. The summed E-state index contributed by atoms with van der Waals surface area (Å²) in [6.07, 6.45) is 1.32. The van der Waals surface area contributed by atoms with Gasteiger partial charge in [0.25, 0.3) is 0 Å². The summed E-state index contributed by atoms with van der Waals surface area (Å²) in [7, 11) is 1.49. The van der Waals surface area contributed by atoms with E-state index in [0.29, 0.717) is 11.8 Å². The third kappa shape index (κ3) is 2.30. The van der Waals surface area contributed by atoms with Gasteiger partial charge in [-0.2, -0.15) is 0 Å². The van der Waals surface area contributed by atoms with Crippen molar-refractivity contribution in [2.75, 3.05) is 6.61 Å². The predicted molar refractivity (Wildman–Crippen MR) is 86.0 cm³/mol. The summed E-state index contributed by atoms with van der Waals surface area (Å²) >= 11 is 3.53. The van der Waals surface area contributed by atoms with Gasteiger partial charge in [-0.25, -0.2) is 0 Å². The van der Waals surface area contributed by atoms with Crippen molar-refractivity contribution in [2.24, 2.45) is 5.92 Å². The second-order valence-electron chi connectivity index (χ2n) is 5.45. The van der Waals surface area contributed by atoms with Crippen LogP contribution in [-0.4, -0.2) is 44.9 Å². The second kappa shape index (κ2) is 5.90. The van der Waals surface area contributed by atoms with Gasteiger partial charge in [0.15, 0.2) is 0 Å². The molecule has 3 rings (SSSR count). The summed E-state index contributed by atoms with van der Waals surface area (Å²) in [5.41, 5.74) is 2.05. The first-order chi connectivity index (χ1) is 9.69. The van der Waals surface area contributed by atoms with Crippen molar-refractivity contribution in [2.45, 2.75) is 31.2 Å². The zero-order valence-electron chi connectivity index (χ0n) is 11.6. The Bertz CT molecular complexity index is 513. The van der Waals surface area contributed by atoms with E-state index < -0.39 is 0 Å². The van der Waals surface area contributed by atoms with Crippen LogP contribution in [0, 0.1) is 5.92 Å². The number of hydrogen-bond acceptors (Lipinski definition) is 4. The fourth-order valence-electron chi connectivity index (χ4n) is 3.62. The van der Waals surface area contributed by atoms with Gasteiger partial charge in [0.1, 0.15) is 32.8 Å². The van der Waals surface area contributed by atoms with E-state index in [1.165, 1.54) is 5.56 Å². The summed E-state index contributed by atoms with van der Waals surface area (Å²) in [6, 6.07) is 4.05. The van der Waals surface area contributed by atoms with E-state index in [-0.39, 0.29) is 18.8 Å². The number of aliphatic hydroxyl groups is 1. The Hall–Kier alpha value is -0.186. The average molecular weight is 375 g/mol. The molecule has 0 saturated heterocycles. The van der Waals surface area contributed by atoms with Crippen LogP contribution in [0.25, 0.3) is 0 Å². The van der Waals surface area contributed by atoms with Crippen LogP contribution in [0.3, 0.4) is 0 Å². The zero-order valence-corrected chi connectivity index (χ0v) is 17.2. The minimum atomic E-state index is 0.00366. The first kappa shape index (κ1) is 14.7. The zero-order chi connectivity index (χ0) is 14.3. The number of halogens is 1. The van der Waals surface area contributed by atoms with Crippen LogP contribution in [0.4, 0.5) is 0 Å². The Morgan fingerprint density at radius 1 is 1.40 bits per heavy atom. The van der Waals surface area contributed by atoms with Crippen molar-refractivity contribution in [3.8, 4) is 5.75 Å². The summed E-state index contributed by atoms with van der Waals surface area (Å²) in [5.74, 6) is 1.55. The van der Waals surface area contributed by atoms with Gasteiger partial charge in [-0.15, -0.1) is 0 Å². The fourth-order valence-corrected chi connectivity index (χ4v) is 5.07. The van der Waals surface area contributed by atoms with Gasteiger partial charge in [-0.05, 0) is 12.1 Å². The van der Waals surface area contributed by atoms with Crippen molar-refractivity contribution in [1.82, 2.24) is 0 Å². The lowest BCUT2D eigenvalue weighted by Crippen LogP contribution is -2.25. The summed E-state index contributed by atoms with van der Waals surface area (Å²) in [4.78, 5) is 0. The Morgan fingerprint density at radius 3 is 2.85 bits per heavy atom. The van der Waals surface area contributed by atoms with Gasteiger partial charge in [0.2, 0.25) is 0 Å². The molecule has 4 atom stereocenters. The summed E-state index contributed by atoms with van der Waals surface area (Å²) in [6.45, 7) is 0.744. The number of aliphatic hydroxyl groups excluding tert-OH is 1. The third-order valence-electron chi connectivity index (χ3n) is 4.42. The highest BCUT2D eigenvalue weighted by Gasteiger charge is 2.50. The molecule has 0 unspecified atom stereocenters. The molecule has 0 spiro atoms. The van der Waals surface area contributed by atoms with E-state index in [4.69, 9.17) is 13.6 Å². The first-order valence-electron chi connectivity index (χ1n) is 6.81. The molecule has 4 nitrogen and oxygen atoms in total. The Morgan fingerprint density at radius 2 is 2.20 bits per heavy atom. The van der Waals surface area contributed by atoms with E-state index in [0.717, 1.165) is 49.8 Å². The van der Waals surface area contributed by atoms with Crippen molar-refractivity contribution >= 4 is 36.9 Å². The lowest BCUT2D eigenvalue weighted by atomic mass is 9.88. The Labute approximate surface area is 133 Å². The van der Waals surface area contributed by atoms with Crippen LogP contribution in [-0.2, 0) is 15.5 Å². The predicted octanol–water partition coefficient (Wildman–Crippen LogP) is -0.232. The van der Waals surface area contributed by atoms with E-state index in [1.807, 2.05) is 6.07 Å². The molecule has 20 heavy (non-hydrogen) atoms. The molecular weight excluding hydrogens is 356 g/mol. The number of fused-ring (bicyclic) bond motifs is 3. The number of benzene rings is 1. The highest BCUT2D eigenvalue weighted by Crippen LogP contribution is 2.52. The molecule has 0 aromatic heterocycles. The van der Waals surface area contributed by atoms with Crippen molar-refractivity contribution in [1.29, 1.82) is 0 Å². The molecule has 110 valence electrons.